The average Bonchev–Trinajstić information content (AvgIpc) is 1.86. The Morgan fingerprint density at radius 2 is 2.17 bits per heavy atom. The number of hydrogen-bond donors (Lipinski definition) is 3. The van der Waals surface area contributed by atoms with E-state index in [2.05, 4.69) is 3.87 Å². The molecule has 0 saturated carbocycles. The number of amides is 2. The summed E-state index contributed by atoms with van der Waals surface area (Å²) in [6.07, 6.45) is 0. The van der Waals surface area contributed by atoms with E-state index in [1.165, 1.54) is 0 Å². The highest BCUT2D eigenvalue weighted by molar-refractivity contribution is 7.93. The molecule has 72 valence electrons. The summed E-state index contributed by atoms with van der Waals surface area (Å²) in [5.74, 6) is -0.996. The van der Waals surface area contributed by atoms with Crippen molar-refractivity contribution < 1.29 is 26.2 Å². The normalized spacial score (nSPS) is 11.1. The van der Waals surface area contributed by atoms with E-state index < -0.39 is 11.9 Å². The molecule has 12 heavy (non-hydrogen) atoms. The van der Waals surface area contributed by atoms with Gasteiger partial charge in [-0.05, 0) is 0 Å². The first kappa shape index (κ1) is 13.9. The molecule has 5 N–H and O–H groups in total. The maximum absolute atomic E-state index is 10.2. The number of halogens is 1. The molecule has 0 aromatic rings. The largest absolute Gasteiger partial charge is 1.00 e. The molecule has 0 heterocycles. The predicted molar refractivity (Wildman–Crippen MR) is 43.0 cm³/mol. The second kappa shape index (κ2) is 7.05. The summed E-state index contributed by atoms with van der Waals surface area (Å²) in [6, 6.07) is -0.160. The van der Waals surface area contributed by atoms with E-state index in [4.69, 9.17) is 16.6 Å². The SMILES string of the molecule is CC(CS[O+]=C(N)N)C(=O)O.[Cl-]. The molecule has 0 aliphatic rings. The monoisotopic (exact) mass is 214 g/mol. The van der Waals surface area contributed by atoms with Crippen molar-refractivity contribution in [3.8, 4) is 0 Å². The van der Waals surface area contributed by atoms with Crippen molar-refractivity contribution in [2.24, 2.45) is 17.4 Å². The molecule has 0 aromatic carbocycles. The lowest BCUT2D eigenvalue weighted by Gasteiger charge is -1.94. The maximum Gasteiger partial charge on any atom is 0.514 e. The van der Waals surface area contributed by atoms with Gasteiger partial charge >= 0.3 is 24.0 Å². The van der Waals surface area contributed by atoms with Crippen molar-refractivity contribution in [1.29, 1.82) is 0 Å². The highest BCUT2D eigenvalue weighted by atomic mass is 35.5. The molecular weight excluding hydrogens is 204 g/mol. The van der Waals surface area contributed by atoms with Crippen LogP contribution in [0.4, 0.5) is 3.87 Å². The van der Waals surface area contributed by atoms with Gasteiger partial charge in [-0.1, -0.05) is 6.92 Å². The van der Waals surface area contributed by atoms with Crippen molar-refractivity contribution in [3.05, 3.63) is 0 Å². The summed E-state index contributed by atoms with van der Waals surface area (Å²) >= 11 is 0.930. The van der Waals surface area contributed by atoms with E-state index >= 15 is 0 Å². The van der Waals surface area contributed by atoms with E-state index in [1.807, 2.05) is 0 Å². The number of nitrogens with two attached hydrogens (primary N) is 2. The summed E-state index contributed by atoms with van der Waals surface area (Å²) < 4.78 is 4.59. The first-order chi connectivity index (χ1) is 5.04. The summed E-state index contributed by atoms with van der Waals surface area (Å²) in [4.78, 5) is 10.2. The fourth-order valence-corrected chi connectivity index (χ4v) is 0.826. The molecule has 0 saturated heterocycles. The van der Waals surface area contributed by atoms with Crippen molar-refractivity contribution >= 4 is 24.0 Å². The topological polar surface area (TPSA) is 101 Å². The maximum atomic E-state index is 10.2. The Bertz CT molecular complexity index is 172. The van der Waals surface area contributed by atoms with Crippen molar-refractivity contribution in [2.45, 2.75) is 6.92 Å². The zero-order valence-electron chi connectivity index (χ0n) is 6.49. The van der Waals surface area contributed by atoms with Gasteiger partial charge < -0.3 is 29.0 Å². The summed E-state index contributed by atoms with van der Waals surface area (Å²) in [5, 5.41) is 8.41. The zero-order chi connectivity index (χ0) is 8.85. The van der Waals surface area contributed by atoms with Gasteiger partial charge in [-0.2, -0.15) is 0 Å². The van der Waals surface area contributed by atoms with E-state index in [-0.39, 0.29) is 18.4 Å². The van der Waals surface area contributed by atoms with Crippen LogP contribution in [0, 0.1) is 5.92 Å². The Morgan fingerprint density at radius 1 is 1.67 bits per heavy atom. The quantitative estimate of drug-likeness (QED) is 0.342. The minimum Gasteiger partial charge on any atom is -1.00 e. The number of carbonyl (C=O) groups excluding carboxylic acids is 1. The fourth-order valence-electron chi connectivity index (χ4n) is 0.275. The Hall–Kier alpha value is -0.620. The van der Waals surface area contributed by atoms with Crippen molar-refractivity contribution in [3.63, 3.8) is 0 Å². The lowest BCUT2D eigenvalue weighted by molar-refractivity contribution is -0.140. The standard InChI is InChI=1S/C5H10N2O3S.ClH/c1-3(4(8)9)2-11-10-5(6)7;/h3H,2,6-7H2,1H3;1H. The number of urea groups is 1. The third-order valence-electron chi connectivity index (χ3n) is 0.895. The van der Waals surface area contributed by atoms with E-state index in [9.17, 15) is 4.79 Å². The lowest BCUT2D eigenvalue weighted by atomic mass is 10.2. The number of primary amides is 2. The molecule has 0 radical (unpaired) electrons. The Kier molecular flexibility index (Phi) is 8.19. The number of rotatable bonds is 4. The third kappa shape index (κ3) is 7.49. The molecule has 0 aliphatic heterocycles. The second-order valence-corrected chi connectivity index (χ2v) is 2.75. The molecule has 1 atom stereocenters. The van der Waals surface area contributed by atoms with E-state index in [0.29, 0.717) is 5.75 Å². The molecule has 7 heteroatoms. The molecule has 5 nitrogen and oxygen atoms in total. The molecule has 0 aromatic heterocycles. The molecule has 0 rings (SSSR count). The van der Waals surface area contributed by atoms with Crippen LogP contribution in [-0.4, -0.2) is 22.9 Å². The van der Waals surface area contributed by atoms with Gasteiger partial charge in [0.15, 0.2) is 0 Å². The van der Waals surface area contributed by atoms with Crippen LogP contribution in [0.5, 0.6) is 0 Å². The number of carboxylic acid groups (broad SMARTS) is 1. The minimum atomic E-state index is -0.864. The summed E-state index contributed by atoms with van der Waals surface area (Å²) in [7, 11) is 0. The van der Waals surface area contributed by atoms with Gasteiger partial charge in [0.2, 0.25) is 0 Å². The van der Waals surface area contributed by atoms with Gasteiger partial charge in [-0.25, -0.2) is 0 Å². The highest BCUT2D eigenvalue weighted by Gasteiger charge is 2.15. The van der Waals surface area contributed by atoms with Gasteiger partial charge in [-0.15, -0.1) is 3.87 Å². The van der Waals surface area contributed by atoms with Crippen LogP contribution < -0.4 is 23.9 Å². The van der Waals surface area contributed by atoms with Gasteiger partial charge in [-0.3, -0.25) is 4.79 Å². The zero-order valence-corrected chi connectivity index (χ0v) is 8.06. The van der Waals surface area contributed by atoms with Crippen LogP contribution >= 0.6 is 12.0 Å². The van der Waals surface area contributed by atoms with Gasteiger partial charge in [0.05, 0.1) is 5.92 Å². The molecule has 1 unspecified atom stereocenters. The molecule has 0 fully saturated rings. The first-order valence-electron chi connectivity index (χ1n) is 2.94. The number of carbonyl (C=O) groups is 1. The van der Waals surface area contributed by atoms with Crippen LogP contribution in [0.1, 0.15) is 6.92 Å². The first-order valence-corrected chi connectivity index (χ1v) is 3.85. The molecule has 2 amide bonds. The summed E-state index contributed by atoms with van der Waals surface area (Å²) in [5.41, 5.74) is 9.92. The smallest absolute Gasteiger partial charge is 0.514 e. The lowest BCUT2D eigenvalue weighted by Crippen LogP contribution is -3.00. The number of hydrogen-bond acceptors (Lipinski definition) is 2. The number of aliphatic carboxylic acids is 1. The Balaban J connectivity index is 0. The van der Waals surface area contributed by atoms with Crippen LogP contribution in [0.15, 0.2) is 0 Å². The molecule has 0 bridgehead atoms. The van der Waals surface area contributed by atoms with Gasteiger partial charge in [0.25, 0.3) is 0 Å². The van der Waals surface area contributed by atoms with E-state index in [1.54, 1.807) is 6.92 Å². The number of carboxylic acids is 1. The molecule has 0 aliphatic carbocycles. The van der Waals surface area contributed by atoms with Crippen LogP contribution in [0.25, 0.3) is 0 Å². The minimum absolute atomic E-state index is 0. The Morgan fingerprint density at radius 3 is 2.50 bits per heavy atom. The van der Waals surface area contributed by atoms with Crippen LogP contribution in [0.3, 0.4) is 0 Å². The highest BCUT2D eigenvalue weighted by Crippen LogP contribution is 2.12. The van der Waals surface area contributed by atoms with Crippen molar-refractivity contribution in [1.82, 2.24) is 0 Å². The summed E-state index contributed by atoms with van der Waals surface area (Å²) in [6.45, 7) is 1.57. The van der Waals surface area contributed by atoms with Gasteiger partial charge in [0.1, 0.15) is 5.75 Å². The van der Waals surface area contributed by atoms with Crippen molar-refractivity contribution in [2.75, 3.05) is 5.75 Å². The predicted octanol–water partition coefficient (Wildman–Crippen LogP) is -3.07. The van der Waals surface area contributed by atoms with Gasteiger partial charge in [0, 0.05) is 0 Å². The third-order valence-corrected chi connectivity index (χ3v) is 1.84. The van der Waals surface area contributed by atoms with E-state index in [0.717, 1.165) is 12.0 Å². The second-order valence-electron chi connectivity index (χ2n) is 2.01. The van der Waals surface area contributed by atoms with Crippen LogP contribution in [0.2, 0.25) is 0 Å². The Labute approximate surface area is 80.8 Å². The fraction of sp³-hybridized carbons (Fsp3) is 0.600. The average molecular weight is 215 g/mol. The van der Waals surface area contributed by atoms with Crippen LogP contribution in [-0.2, 0) is 4.79 Å². The molecule has 0 spiro atoms. The molecular formula is C5H11ClN2O3S.